The number of rotatable bonds is 2. The molecule has 0 spiro atoms. The molecule has 0 N–H and O–H groups in total. The van der Waals surface area contributed by atoms with Crippen molar-refractivity contribution < 1.29 is 4.79 Å². The second-order valence-electron chi connectivity index (χ2n) is 4.36. The first kappa shape index (κ1) is 10.7. The van der Waals surface area contributed by atoms with Crippen LogP contribution in [0.15, 0.2) is 17.9 Å². The van der Waals surface area contributed by atoms with E-state index in [1.54, 1.807) is 6.33 Å². The number of carbonyl (C=O) groups excluding carboxylic acids is 1. The van der Waals surface area contributed by atoms with Gasteiger partial charge in [-0.05, 0) is 0 Å². The van der Waals surface area contributed by atoms with Crippen molar-refractivity contribution >= 4 is 28.4 Å². The third-order valence-electron chi connectivity index (χ3n) is 3.33. The maximum Gasteiger partial charge on any atom is 0.196 e. The summed E-state index contributed by atoms with van der Waals surface area (Å²) in [6.07, 6.45) is 4.47. The van der Waals surface area contributed by atoms with Crippen molar-refractivity contribution in [2.75, 3.05) is 11.4 Å². The molecule has 1 aliphatic rings. The Kier molecular flexibility index (Phi) is 2.18. The minimum absolute atomic E-state index is 0.601. The average Bonchev–Trinajstić information content (AvgIpc) is 3.12. The molecule has 4 heterocycles. The third kappa shape index (κ3) is 1.49. The molecule has 0 radical (unpaired) electrons. The number of anilines is 1. The van der Waals surface area contributed by atoms with Gasteiger partial charge in [0.15, 0.2) is 22.9 Å². The van der Waals surface area contributed by atoms with E-state index in [9.17, 15) is 4.79 Å². The molecule has 0 saturated heterocycles. The van der Waals surface area contributed by atoms with Crippen LogP contribution >= 0.6 is 11.3 Å². The van der Waals surface area contributed by atoms with Gasteiger partial charge in [-0.1, -0.05) is 0 Å². The summed E-state index contributed by atoms with van der Waals surface area (Å²) in [6, 6.07) is 0. The molecule has 96 valence electrons. The Hall–Kier alpha value is -2.22. The molecule has 0 fully saturated rings. The van der Waals surface area contributed by atoms with Gasteiger partial charge < -0.3 is 9.47 Å². The molecule has 0 saturated carbocycles. The molecule has 0 aliphatic carbocycles. The maximum absolute atomic E-state index is 11.3. The molecule has 1 aliphatic heterocycles. The summed E-state index contributed by atoms with van der Waals surface area (Å²) in [7, 11) is 0. The van der Waals surface area contributed by atoms with Gasteiger partial charge in [-0.25, -0.2) is 4.98 Å². The SMILES string of the molecule is O=Cc1c(N2CCn3cnnc3C2)nc2sccn12. The Morgan fingerprint density at radius 3 is 3.21 bits per heavy atom. The van der Waals surface area contributed by atoms with Crippen molar-refractivity contribution in [1.82, 2.24) is 24.1 Å². The zero-order valence-corrected chi connectivity index (χ0v) is 10.7. The second kappa shape index (κ2) is 3.89. The maximum atomic E-state index is 11.3. The van der Waals surface area contributed by atoms with Crippen molar-refractivity contribution in [2.24, 2.45) is 0 Å². The summed E-state index contributed by atoms with van der Waals surface area (Å²) in [5, 5.41) is 9.90. The van der Waals surface area contributed by atoms with Gasteiger partial charge in [0.05, 0.1) is 6.54 Å². The van der Waals surface area contributed by atoms with Crippen LogP contribution in [0.1, 0.15) is 16.3 Å². The number of nitrogens with zero attached hydrogens (tertiary/aromatic N) is 6. The van der Waals surface area contributed by atoms with Gasteiger partial charge in [-0.2, -0.15) is 0 Å². The average molecular weight is 274 g/mol. The molecule has 0 amide bonds. The number of aromatic nitrogens is 5. The van der Waals surface area contributed by atoms with Crippen LogP contribution in [-0.4, -0.2) is 37.0 Å². The fourth-order valence-electron chi connectivity index (χ4n) is 2.38. The molecular weight excluding hydrogens is 264 g/mol. The summed E-state index contributed by atoms with van der Waals surface area (Å²) in [6.45, 7) is 2.24. The smallest absolute Gasteiger partial charge is 0.196 e. The highest BCUT2D eigenvalue weighted by molar-refractivity contribution is 7.15. The fraction of sp³-hybridized carbons (Fsp3) is 0.273. The number of fused-ring (bicyclic) bond motifs is 2. The molecule has 0 atom stereocenters. The molecule has 7 nitrogen and oxygen atoms in total. The second-order valence-corrected chi connectivity index (χ2v) is 5.23. The highest BCUT2D eigenvalue weighted by Crippen LogP contribution is 2.25. The van der Waals surface area contributed by atoms with E-state index < -0.39 is 0 Å². The van der Waals surface area contributed by atoms with E-state index >= 15 is 0 Å². The number of thiazole rings is 1. The van der Waals surface area contributed by atoms with Crippen LogP contribution in [0.25, 0.3) is 4.96 Å². The third-order valence-corrected chi connectivity index (χ3v) is 4.09. The van der Waals surface area contributed by atoms with E-state index in [4.69, 9.17) is 0 Å². The van der Waals surface area contributed by atoms with E-state index in [1.165, 1.54) is 11.3 Å². The Labute approximate surface area is 112 Å². The topological polar surface area (TPSA) is 68.3 Å². The standard InChI is InChI=1S/C11H10N6OS/c18-6-8-10(13-11-17(8)3-4-19-11)15-1-2-16-7-12-14-9(16)5-15/h3-4,6-7H,1-2,5H2. The summed E-state index contributed by atoms with van der Waals surface area (Å²) in [5.74, 6) is 1.63. The van der Waals surface area contributed by atoms with E-state index in [0.29, 0.717) is 12.2 Å². The fourth-order valence-corrected chi connectivity index (χ4v) is 3.10. The summed E-state index contributed by atoms with van der Waals surface area (Å²) in [5.41, 5.74) is 0.601. The first-order chi connectivity index (χ1) is 9.36. The number of imidazole rings is 1. The predicted octanol–water partition coefficient (Wildman–Crippen LogP) is 0.820. The lowest BCUT2D eigenvalue weighted by molar-refractivity contribution is 0.111. The van der Waals surface area contributed by atoms with Gasteiger partial charge in [0, 0.05) is 24.7 Å². The lowest BCUT2D eigenvalue weighted by Gasteiger charge is -2.27. The zero-order chi connectivity index (χ0) is 12.8. The molecule has 3 aromatic heterocycles. The Bertz CT molecular complexity index is 756. The predicted molar refractivity (Wildman–Crippen MR) is 69.5 cm³/mol. The first-order valence-electron chi connectivity index (χ1n) is 5.89. The Morgan fingerprint density at radius 1 is 1.37 bits per heavy atom. The van der Waals surface area contributed by atoms with Crippen molar-refractivity contribution in [3.63, 3.8) is 0 Å². The lowest BCUT2D eigenvalue weighted by atomic mass is 10.3. The summed E-state index contributed by atoms with van der Waals surface area (Å²) < 4.78 is 3.85. The van der Waals surface area contributed by atoms with E-state index in [-0.39, 0.29) is 0 Å². The minimum Gasteiger partial charge on any atom is -0.345 e. The first-order valence-corrected chi connectivity index (χ1v) is 6.77. The molecule has 0 bridgehead atoms. The number of hydrogen-bond donors (Lipinski definition) is 0. The van der Waals surface area contributed by atoms with Crippen LogP contribution in [0.4, 0.5) is 5.82 Å². The molecule has 4 rings (SSSR count). The Balaban J connectivity index is 1.79. The van der Waals surface area contributed by atoms with Crippen LogP contribution in [0.3, 0.4) is 0 Å². The van der Waals surface area contributed by atoms with Gasteiger partial charge in [0.2, 0.25) is 0 Å². The van der Waals surface area contributed by atoms with Crippen LogP contribution in [0, 0.1) is 0 Å². The Morgan fingerprint density at radius 2 is 2.32 bits per heavy atom. The quantitative estimate of drug-likeness (QED) is 0.647. The van der Waals surface area contributed by atoms with E-state index in [2.05, 4.69) is 20.1 Å². The summed E-state index contributed by atoms with van der Waals surface area (Å²) in [4.78, 5) is 18.8. The van der Waals surface area contributed by atoms with E-state index in [1.807, 2.05) is 20.5 Å². The lowest BCUT2D eigenvalue weighted by Crippen LogP contribution is -2.34. The largest absolute Gasteiger partial charge is 0.345 e. The van der Waals surface area contributed by atoms with Crippen LogP contribution in [0.5, 0.6) is 0 Å². The minimum atomic E-state index is 0.601. The highest BCUT2D eigenvalue weighted by atomic mass is 32.1. The van der Waals surface area contributed by atoms with E-state index in [0.717, 1.165) is 36.0 Å². The molecule has 0 unspecified atom stereocenters. The van der Waals surface area contributed by atoms with Gasteiger partial charge in [-0.15, -0.1) is 21.5 Å². The van der Waals surface area contributed by atoms with Crippen LogP contribution < -0.4 is 4.90 Å². The summed E-state index contributed by atoms with van der Waals surface area (Å²) >= 11 is 1.52. The zero-order valence-electron chi connectivity index (χ0n) is 9.93. The van der Waals surface area contributed by atoms with Crippen LogP contribution in [0.2, 0.25) is 0 Å². The van der Waals surface area contributed by atoms with Crippen LogP contribution in [-0.2, 0) is 13.1 Å². The molecule has 19 heavy (non-hydrogen) atoms. The number of hydrogen-bond acceptors (Lipinski definition) is 6. The number of carbonyl (C=O) groups is 1. The van der Waals surface area contributed by atoms with Gasteiger partial charge in [0.25, 0.3) is 0 Å². The van der Waals surface area contributed by atoms with Gasteiger partial charge >= 0.3 is 0 Å². The number of aldehydes is 1. The van der Waals surface area contributed by atoms with Gasteiger partial charge in [-0.3, -0.25) is 9.20 Å². The van der Waals surface area contributed by atoms with Crippen molar-refractivity contribution in [2.45, 2.75) is 13.1 Å². The van der Waals surface area contributed by atoms with Crippen molar-refractivity contribution in [3.05, 3.63) is 29.4 Å². The highest BCUT2D eigenvalue weighted by Gasteiger charge is 2.23. The molecule has 8 heteroatoms. The normalized spacial score (nSPS) is 14.8. The van der Waals surface area contributed by atoms with Gasteiger partial charge in [0.1, 0.15) is 12.0 Å². The van der Waals surface area contributed by atoms with Crippen molar-refractivity contribution in [3.8, 4) is 0 Å². The molecule has 3 aromatic rings. The monoisotopic (exact) mass is 274 g/mol. The molecule has 0 aromatic carbocycles. The van der Waals surface area contributed by atoms with Crippen molar-refractivity contribution in [1.29, 1.82) is 0 Å². The molecular formula is C11H10N6OS.